The van der Waals surface area contributed by atoms with E-state index in [1.807, 2.05) is 0 Å². The molecule has 1 saturated carbocycles. The van der Waals surface area contributed by atoms with Crippen LogP contribution in [0.2, 0.25) is 0 Å². The van der Waals surface area contributed by atoms with Gasteiger partial charge in [0.15, 0.2) is 0 Å². The highest BCUT2D eigenvalue weighted by atomic mass is 32.2. The minimum Gasteiger partial charge on any atom is -0.480 e. The first-order valence-electron chi connectivity index (χ1n) is 5.81. The minimum absolute atomic E-state index is 0.0111. The van der Waals surface area contributed by atoms with Gasteiger partial charge in [-0.3, -0.25) is 9.59 Å². The molecule has 0 bridgehead atoms. The van der Waals surface area contributed by atoms with Crippen molar-refractivity contribution in [1.82, 2.24) is 4.90 Å². The lowest BCUT2D eigenvalue weighted by atomic mass is 9.88. The van der Waals surface area contributed by atoms with E-state index in [2.05, 4.69) is 0 Å². The molecule has 1 aliphatic heterocycles. The molecular formula is C11H17NO3S. The quantitative estimate of drug-likeness (QED) is 0.817. The van der Waals surface area contributed by atoms with E-state index in [4.69, 9.17) is 5.11 Å². The van der Waals surface area contributed by atoms with Crippen LogP contribution in [0.25, 0.3) is 0 Å². The predicted molar refractivity (Wildman–Crippen MR) is 62.2 cm³/mol. The summed E-state index contributed by atoms with van der Waals surface area (Å²) in [4.78, 5) is 23.9. The van der Waals surface area contributed by atoms with Gasteiger partial charge in [0, 0.05) is 0 Å². The second kappa shape index (κ2) is 5.08. The SMILES string of the molecule is O=C(O)CN1C(=O)CSC1C1CCCCC1. The van der Waals surface area contributed by atoms with Gasteiger partial charge >= 0.3 is 5.97 Å². The van der Waals surface area contributed by atoms with Gasteiger partial charge in [-0.1, -0.05) is 19.3 Å². The van der Waals surface area contributed by atoms with Gasteiger partial charge in [0.2, 0.25) is 5.91 Å². The van der Waals surface area contributed by atoms with Gasteiger partial charge in [-0.15, -0.1) is 11.8 Å². The van der Waals surface area contributed by atoms with E-state index in [0.717, 1.165) is 12.8 Å². The Kier molecular flexibility index (Phi) is 3.74. The molecular weight excluding hydrogens is 226 g/mol. The first-order valence-corrected chi connectivity index (χ1v) is 6.86. The molecule has 1 atom stereocenters. The monoisotopic (exact) mass is 243 g/mol. The molecule has 5 heteroatoms. The fraction of sp³-hybridized carbons (Fsp3) is 0.818. The van der Waals surface area contributed by atoms with Gasteiger partial charge in [0.1, 0.15) is 6.54 Å². The average molecular weight is 243 g/mol. The van der Waals surface area contributed by atoms with Crippen LogP contribution in [0.3, 0.4) is 0 Å². The number of amides is 1. The van der Waals surface area contributed by atoms with Crippen molar-refractivity contribution in [2.45, 2.75) is 37.5 Å². The summed E-state index contributed by atoms with van der Waals surface area (Å²) in [6, 6.07) is 0. The van der Waals surface area contributed by atoms with E-state index in [9.17, 15) is 9.59 Å². The van der Waals surface area contributed by atoms with Crippen LogP contribution in [0.15, 0.2) is 0 Å². The number of carboxylic acids is 1. The van der Waals surface area contributed by atoms with Crippen LogP contribution in [0, 0.1) is 5.92 Å². The normalized spacial score (nSPS) is 27.4. The van der Waals surface area contributed by atoms with Crippen molar-refractivity contribution in [2.24, 2.45) is 5.92 Å². The molecule has 4 nitrogen and oxygen atoms in total. The van der Waals surface area contributed by atoms with Crippen molar-refractivity contribution < 1.29 is 14.7 Å². The van der Waals surface area contributed by atoms with Gasteiger partial charge in [0.05, 0.1) is 11.1 Å². The molecule has 2 fully saturated rings. The van der Waals surface area contributed by atoms with Crippen molar-refractivity contribution in [3.05, 3.63) is 0 Å². The van der Waals surface area contributed by atoms with Gasteiger partial charge in [-0.05, 0) is 18.8 Å². The van der Waals surface area contributed by atoms with Crippen molar-refractivity contribution in [3.63, 3.8) is 0 Å². The minimum atomic E-state index is -0.906. The topological polar surface area (TPSA) is 57.6 Å². The predicted octanol–water partition coefficient (Wildman–Crippen LogP) is 1.55. The van der Waals surface area contributed by atoms with Crippen LogP contribution in [-0.4, -0.2) is 39.6 Å². The second-order valence-corrected chi connectivity index (χ2v) is 5.62. The fourth-order valence-electron chi connectivity index (χ4n) is 2.61. The third kappa shape index (κ3) is 2.51. The van der Waals surface area contributed by atoms with E-state index in [1.54, 1.807) is 16.7 Å². The zero-order valence-corrected chi connectivity index (χ0v) is 10.0. The van der Waals surface area contributed by atoms with E-state index in [1.165, 1.54) is 19.3 Å². The Morgan fingerprint density at radius 2 is 2.06 bits per heavy atom. The van der Waals surface area contributed by atoms with Crippen molar-refractivity contribution in [1.29, 1.82) is 0 Å². The highest BCUT2D eigenvalue weighted by Gasteiger charge is 2.38. The Balaban J connectivity index is 2.01. The number of carbonyl (C=O) groups excluding carboxylic acids is 1. The molecule has 1 amide bonds. The van der Waals surface area contributed by atoms with E-state index >= 15 is 0 Å². The Morgan fingerprint density at radius 1 is 1.38 bits per heavy atom. The molecule has 1 unspecified atom stereocenters. The lowest BCUT2D eigenvalue weighted by Gasteiger charge is -2.32. The van der Waals surface area contributed by atoms with Crippen LogP contribution in [-0.2, 0) is 9.59 Å². The maximum Gasteiger partial charge on any atom is 0.323 e. The van der Waals surface area contributed by atoms with E-state index in [0.29, 0.717) is 11.7 Å². The molecule has 1 aliphatic carbocycles. The molecule has 0 aromatic carbocycles. The Bertz CT molecular complexity index is 289. The van der Waals surface area contributed by atoms with Gasteiger partial charge in [-0.2, -0.15) is 0 Å². The number of hydrogen-bond donors (Lipinski definition) is 1. The van der Waals surface area contributed by atoms with Crippen LogP contribution >= 0.6 is 11.8 Å². The van der Waals surface area contributed by atoms with Crippen molar-refractivity contribution in [3.8, 4) is 0 Å². The lowest BCUT2D eigenvalue weighted by Crippen LogP contribution is -2.41. The maximum absolute atomic E-state index is 11.6. The average Bonchev–Trinajstić information content (AvgIpc) is 2.61. The zero-order valence-electron chi connectivity index (χ0n) is 9.22. The molecule has 1 saturated heterocycles. The van der Waals surface area contributed by atoms with Crippen molar-refractivity contribution in [2.75, 3.05) is 12.3 Å². The first kappa shape index (κ1) is 11.8. The van der Waals surface area contributed by atoms with Crippen LogP contribution in [0.4, 0.5) is 0 Å². The number of carboxylic acid groups (broad SMARTS) is 1. The third-order valence-corrected chi connectivity index (χ3v) is 4.76. The zero-order chi connectivity index (χ0) is 11.5. The van der Waals surface area contributed by atoms with Crippen LogP contribution < -0.4 is 0 Å². The summed E-state index contributed by atoms with van der Waals surface area (Å²) in [7, 11) is 0. The molecule has 1 heterocycles. The van der Waals surface area contributed by atoms with E-state index < -0.39 is 5.97 Å². The molecule has 0 radical (unpaired) electrons. The standard InChI is InChI=1S/C11H17NO3S/c13-9-7-16-11(12(9)6-10(14)15)8-4-2-1-3-5-8/h8,11H,1-7H2,(H,14,15). The Morgan fingerprint density at radius 3 is 2.69 bits per heavy atom. The second-order valence-electron chi connectivity index (χ2n) is 4.52. The lowest BCUT2D eigenvalue weighted by molar-refractivity contribution is -0.143. The molecule has 0 spiro atoms. The number of rotatable bonds is 3. The fourth-order valence-corrected chi connectivity index (χ4v) is 4.00. The summed E-state index contributed by atoms with van der Waals surface area (Å²) < 4.78 is 0. The highest BCUT2D eigenvalue weighted by molar-refractivity contribution is 8.01. The smallest absolute Gasteiger partial charge is 0.323 e. The van der Waals surface area contributed by atoms with Crippen LogP contribution in [0.1, 0.15) is 32.1 Å². The first-order chi connectivity index (χ1) is 7.68. The maximum atomic E-state index is 11.6. The molecule has 2 rings (SSSR count). The number of thioether (sulfide) groups is 1. The third-order valence-electron chi connectivity index (χ3n) is 3.36. The van der Waals surface area contributed by atoms with Crippen LogP contribution in [0.5, 0.6) is 0 Å². The summed E-state index contributed by atoms with van der Waals surface area (Å²) in [5.41, 5.74) is 0. The molecule has 0 aromatic rings. The Hall–Kier alpha value is -0.710. The molecule has 90 valence electrons. The highest BCUT2D eigenvalue weighted by Crippen LogP contribution is 2.38. The molecule has 2 aliphatic rings. The summed E-state index contributed by atoms with van der Waals surface area (Å²) in [5.74, 6) is 0.0400. The summed E-state index contributed by atoms with van der Waals surface area (Å²) in [6.45, 7) is -0.132. The van der Waals surface area contributed by atoms with Gasteiger partial charge < -0.3 is 10.0 Å². The number of hydrogen-bond acceptors (Lipinski definition) is 3. The van der Waals surface area contributed by atoms with Gasteiger partial charge in [-0.25, -0.2) is 0 Å². The molecule has 16 heavy (non-hydrogen) atoms. The summed E-state index contributed by atoms with van der Waals surface area (Å²) >= 11 is 1.62. The largest absolute Gasteiger partial charge is 0.480 e. The number of carbonyl (C=O) groups is 2. The van der Waals surface area contributed by atoms with E-state index in [-0.39, 0.29) is 17.8 Å². The van der Waals surface area contributed by atoms with Crippen molar-refractivity contribution >= 4 is 23.6 Å². The number of nitrogens with zero attached hydrogens (tertiary/aromatic N) is 1. The number of aliphatic carboxylic acids is 1. The molecule has 1 N–H and O–H groups in total. The Labute approximate surface area is 99.4 Å². The molecule has 0 aromatic heterocycles. The van der Waals surface area contributed by atoms with Gasteiger partial charge in [0.25, 0.3) is 0 Å². The summed E-state index contributed by atoms with van der Waals surface area (Å²) in [5, 5.41) is 8.92. The summed E-state index contributed by atoms with van der Waals surface area (Å²) in [6.07, 6.45) is 6.00.